The van der Waals surface area contributed by atoms with Gasteiger partial charge >= 0.3 is 0 Å². The molecule has 5 nitrogen and oxygen atoms in total. The number of nitrogens with one attached hydrogen (secondary N) is 1. The number of ether oxygens (including phenoxy) is 1. The molecule has 22 heavy (non-hydrogen) atoms. The van der Waals surface area contributed by atoms with Crippen molar-refractivity contribution in [1.29, 1.82) is 0 Å². The van der Waals surface area contributed by atoms with Crippen LogP contribution < -0.4 is 10.1 Å². The number of methoxy groups -OCH3 is 1. The van der Waals surface area contributed by atoms with E-state index in [1.54, 1.807) is 31.4 Å². The summed E-state index contributed by atoms with van der Waals surface area (Å²) in [5.41, 5.74) is 0.696. The lowest BCUT2D eigenvalue weighted by Gasteiger charge is -2.15. The van der Waals surface area contributed by atoms with Crippen LogP contribution in [-0.4, -0.2) is 39.9 Å². The lowest BCUT2D eigenvalue weighted by atomic mass is 10.2. The van der Waals surface area contributed by atoms with Crippen LogP contribution in [0.15, 0.2) is 24.3 Å². The van der Waals surface area contributed by atoms with Crippen LogP contribution in [0.1, 0.15) is 19.8 Å². The van der Waals surface area contributed by atoms with Crippen molar-refractivity contribution in [2.24, 2.45) is 0 Å². The van der Waals surface area contributed by atoms with Crippen molar-refractivity contribution in [2.45, 2.75) is 25.0 Å². The van der Waals surface area contributed by atoms with Gasteiger partial charge in [-0.25, -0.2) is 0 Å². The highest BCUT2D eigenvalue weighted by Gasteiger charge is 2.35. The molecule has 0 aliphatic carbocycles. The summed E-state index contributed by atoms with van der Waals surface area (Å²) in [6.45, 7) is 2.28. The summed E-state index contributed by atoms with van der Waals surface area (Å²) in [5.74, 6) is 0.592. The van der Waals surface area contributed by atoms with Crippen molar-refractivity contribution >= 4 is 45.8 Å². The van der Waals surface area contributed by atoms with Gasteiger partial charge in [-0.2, -0.15) is 0 Å². The highest BCUT2D eigenvalue weighted by molar-refractivity contribution is 8.24. The van der Waals surface area contributed by atoms with E-state index in [-0.39, 0.29) is 23.5 Å². The highest BCUT2D eigenvalue weighted by atomic mass is 32.2. The van der Waals surface area contributed by atoms with E-state index in [2.05, 4.69) is 5.32 Å². The number of hydrogen-bond donors (Lipinski definition) is 1. The Morgan fingerprint density at radius 3 is 2.64 bits per heavy atom. The molecule has 1 heterocycles. The fraction of sp³-hybridized carbons (Fsp3) is 0.400. The zero-order chi connectivity index (χ0) is 16.1. The van der Waals surface area contributed by atoms with Crippen molar-refractivity contribution in [3.63, 3.8) is 0 Å². The van der Waals surface area contributed by atoms with Crippen molar-refractivity contribution in [3.8, 4) is 5.75 Å². The van der Waals surface area contributed by atoms with E-state index in [1.807, 2.05) is 6.92 Å². The number of hydrogen-bond acceptors (Lipinski definition) is 5. The van der Waals surface area contributed by atoms with E-state index < -0.39 is 0 Å². The zero-order valence-electron chi connectivity index (χ0n) is 12.5. The van der Waals surface area contributed by atoms with Crippen LogP contribution in [0.4, 0.5) is 5.69 Å². The third-order valence-corrected chi connectivity index (χ3v) is 5.06. The molecule has 1 unspecified atom stereocenters. The van der Waals surface area contributed by atoms with Crippen LogP contribution in [0.2, 0.25) is 0 Å². The molecule has 7 heteroatoms. The molecule has 2 rings (SSSR count). The summed E-state index contributed by atoms with van der Waals surface area (Å²) in [7, 11) is 1.59. The van der Waals surface area contributed by atoms with Gasteiger partial charge in [0.1, 0.15) is 10.1 Å². The molecule has 1 fully saturated rings. The number of benzene rings is 1. The molecular weight excluding hydrogens is 320 g/mol. The van der Waals surface area contributed by atoms with Crippen LogP contribution in [0.3, 0.4) is 0 Å². The normalized spacial score (nSPS) is 17.7. The van der Waals surface area contributed by atoms with Crippen molar-refractivity contribution < 1.29 is 14.3 Å². The van der Waals surface area contributed by atoms with Crippen LogP contribution in [0.5, 0.6) is 5.75 Å². The molecule has 0 spiro atoms. The Morgan fingerprint density at radius 2 is 2.09 bits per heavy atom. The van der Waals surface area contributed by atoms with Gasteiger partial charge in [0, 0.05) is 18.7 Å². The van der Waals surface area contributed by atoms with Gasteiger partial charge in [-0.05, 0) is 30.7 Å². The van der Waals surface area contributed by atoms with E-state index in [4.69, 9.17) is 17.0 Å². The second-order valence-corrected chi connectivity index (χ2v) is 6.63. The van der Waals surface area contributed by atoms with Gasteiger partial charge in [0.15, 0.2) is 0 Å². The maximum atomic E-state index is 12.1. The molecule has 1 aromatic rings. The lowest BCUT2D eigenvalue weighted by molar-refractivity contribution is -0.126. The Morgan fingerprint density at radius 1 is 1.41 bits per heavy atom. The van der Waals surface area contributed by atoms with Crippen LogP contribution >= 0.6 is 24.0 Å². The van der Waals surface area contributed by atoms with Gasteiger partial charge in [0.25, 0.3) is 0 Å². The first kappa shape index (κ1) is 16.8. The van der Waals surface area contributed by atoms with Gasteiger partial charge in [0.2, 0.25) is 11.8 Å². The van der Waals surface area contributed by atoms with Crippen LogP contribution in [-0.2, 0) is 9.59 Å². The number of rotatable bonds is 6. The Kier molecular flexibility index (Phi) is 5.79. The number of carbonyl (C=O) groups is 2. The van der Waals surface area contributed by atoms with E-state index in [9.17, 15) is 9.59 Å². The van der Waals surface area contributed by atoms with Crippen LogP contribution in [0.25, 0.3) is 0 Å². The fourth-order valence-electron chi connectivity index (χ4n) is 2.07. The summed E-state index contributed by atoms with van der Waals surface area (Å²) >= 11 is 6.60. The molecule has 1 N–H and O–H groups in total. The molecule has 0 bridgehead atoms. The summed E-state index contributed by atoms with van der Waals surface area (Å²) < 4.78 is 5.62. The first-order chi connectivity index (χ1) is 10.5. The van der Waals surface area contributed by atoms with Gasteiger partial charge in [-0.3, -0.25) is 14.5 Å². The Labute approximate surface area is 139 Å². The highest BCUT2D eigenvalue weighted by Crippen LogP contribution is 2.29. The Bertz CT molecular complexity index is 575. The third kappa shape index (κ3) is 3.98. The minimum Gasteiger partial charge on any atom is -0.497 e. The molecule has 0 saturated carbocycles. The minimum atomic E-state index is -0.147. The van der Waals surface area contributed by atoms with Crippen molar-refractivity contribution in [2.75, 3.05) is 19.0 Å². The maximum Gasteiger partial charge on any atom is 0.241 e. The summed E-state index contributed by atoms with van der Waals surface area (Å²) in [4.78, 5) is 25.5. The predicted octanol–water partition coefficient (Wildman–Crippen LogP) is 2.66. The van der Waals surface area contributed by atoms with E-state index in [1.165, 1.54) is 16.7 Å². The number of thiocarbonyl (C=S) groups is 1. The number of amides is 2. The van der Waals surface area contributed by atoms with Gasteiger partial charge in [-0.1, -0.05) is 30.9 Å². The van der Waals surface area contributed by atoms with Gasteiger partial charge in [-0.15, -0.1) is 0 Å². The van der Waals surface area contributed by atoms with Gasteiger partial charge in [0.05, 0.1) is 12.4 Å². The quantitative estimate of drug-likeness (QED) is 0.808. The molecule has 0 aromatic heterocycles. The predicted molar refractivity (Wildman–Crippen MR) is 92.2 cm³/mol. The van der Waals surface area contributed by atoms with Crippen molar-refractivity contribution in [1.82, 2.24) is 4.90 Å². The SMILES string of the molecule is CCC1SC(=S)N(CCC(=O)Nc2ccc(OC)cc2)C1=O. The van der Waals surface area contributed by atoms with E-state index >= 15 is 0 Å². The molecule has 118 valence electrons. The lowest BCUT2D eigenvalue weighted by Crippen LogP contribution is -2.33. The second-order valence-electron chi connectivity index (χ2n) is 4.80. The third-order valence-electron chi connectivity index (χ3n) is 3.31. The summed E-state index contributed by atoms with van der Waals surface area (Å²) in [6, 6.07) is 7.09. The zero-order valence-corrected chi connectivity index (χ0v) is 14.1. The molecule has 2 amide bonds. The number of thioether (sulfide) groups is 1. The summed E-state index contributed by atoms with van der Waals surface area (Å²) in [6.07, 6.45) is 0.965. The minimum absolute atomic E-state index is 0.00903. The smallest absolute Gasteiger partial charge is 0.241 e. The second kappa shape index (κ2) is 7.60. The maximum absolute atomic E-state index is 12.1. The number of carbonyl (C=O) groups excluding carboxylic acids is 2. The number of nitrogens with zero attached hydrogens (tertiary/aromatic N) is 1. The first-order valence-corrected chi connectivity index (χ1v) is 8.29. The topological polar surface area (TPSA) is 58.6 Å². The Balaban J connectivity index is 1.85. The molecule has 1 aliphatic heterocycles. The average molecular weight is 338 g/mol. The monoisotopic (exact) mass is 338 g/mol. The molecule has 1 atom stereocenters. The summed E-state index contributed by atoms with van der Waals surface area (Å²) in [5, 5.41) is 2.69. The molecule has 0 radical (unpaired) electrons. The molecule has 1 saturated heterocycles. The average Bonchev–Trinajstić information content (AvgIpc) is 2.80. The fourth-order valence-corrected chi connectivity index (χ4v) is 3.55. The van der Waals surface area contributed by atoms with E-state index in [0.29, 0.717) is 16.6 Å². The number of anilines is 1. The standard InChI is InChI=1S/C15H18N2O3S2/c1-3-12-14(19)17(15(21)22-12)9-8-13(18)16-10-4-6-11(20-2)7-5-10/h4-7,12H,3,8-9H2,1-2H3,(H,16,18). The first-order valence-electron chi connectivity index (χ1n) is 7.01. The van der Waals surface area contributed by atoms with E-state index in [0.717, 1.165) is 12.2 Å². The molecule has 1 aromatic carbocycles. The van der Waals surface area contributed by atoms with Gasteiger partial charge < -0.3 is 10.1 Å². The van der Waals surface area contributed by atoms with Crippen LogP contribution in [0, 0.1) is 0 Å². The Hall–Kier alpha value is -1.60. The molecule has 1 aliphatic rings. The molecular formula is C15H18N2O3S2. The van der Waals surface area contributed by atoms with Crippen molar-refractivity contribution in [3.05, 3.63) is 24.3 Å². The largest absolute Gasteiger partial charge is 0.497 e.